The normalized spacial score (nSPS) is 13.3. The summed E-state index contributed by atoms with van der Waals surface area (Å²) in [6, 6.07) is 2.82. The molecule has 3 aromatic rings. The predicted molar refractivity (Wildman–Crippen MR) is 135 cm³/mol. The van der Waals surface area contributed by atoms with E-state index >= 15 is 0 Å². The average molecular weight is 570 g/mol. The average Bonchev–Trinajstić information content (AvgIpc) is 3.17. The van der Waals surface area contributed by atoms with Crippen molar-refractivity contribution in [1.29, 1.82) is 0 Å². The predicted octanol–water partition coefficient (Wildman–Crippen LogP) is 4.32. The molecule has 1 amide bonds. The largest absolute Gasteiger partial charge is 0.437 e. The molecule has 0 saturated carbocycles. The molecule has 212 valence electrons. The van der Waals surface area contributed by atoms with E-state index in [4.69, 9.17) is 4.74 Å². The Kier molecular flexibility index (Phi) is 8.41. The highest BCUT2D eigenvalue weighted by Crippen LogP contribution is 2.43. The quantitative estimate of drug-likeness (QED) is 0.409. The van der Waals surface area contributed by atoms with Crippen molar-refractivity contribution in [3.8, 4) is 11.6 Å². The zero-order chi connectivity index (χ0) is 29.3. The number of halogens is 3. The van der Waals surface area contributed by atoms with Crippen LogP contribution in [0.1, 0.15) is 73.1 Å². The van der Waals surface area contributed by atoms with Gasteiger partial charge in [0.25, 0.3) is 5.91 Å². The maximum atomic E-state index is 14.1. The molecule has 39 heavy (non-hydrogen) atoms. The molecule has 0 fully saturated rings. The van der Waals surface area contributed by atoms with Gasteiger partial charge in [0.15, 0.2) is 21.3 Å². The van der Waals surface area contributed by atoms with E-state index in [1.54, 1.807) is 20.8 Å². The molecule has 0 aliphatic heterocycles. The lowest BCUT2D eigenvalue weighted by molar-refractivity contribution is -0.140. The summed E-state index contributed by atoms with van der Waals surface area (Å²) in [5.74, 6) is -1.37. The fourth-order valence-corrected chi connectivity index (χ4v) is 4.23. The van der Waals surface area contributed by atoms with Crippen LogP contribution in [0.15, 0.2) is 35.6 Å². The van der Waals surface area contributed by atoms with Gasteiger partial charge < -0.3 is 15.2 Å². The molecule has 10 nitrogen and oxygen atoms in total. The van der Waals surface area contributed by atoms with Gasteiger partial charge in [-0.05, 0) is 46.2 Å². The summed E-state index contributed by atoms with van der Waals surface area (Å²) < 4.78 is 72.5. The molecular formula is C25H30F3N5O5S. The maximum absolute atomic E-state index is 14.1. The minimum absolute atomic E-state index is 0.0300. The second kappa shape index (κ2) is 10.9. The third kappa shape index (κ3) is 6.74. The van der Waals surface area contributed by atoms with Gasteiger partial charge in [0.2, 0.25) is 5.88 Å². The first-order chi connectivity index (χ1) is 17.9. The lowest BCUT2D eigenvalue weighted by atomic mass is 10.0. The second-order valence-corrected chi connectivity index (χ2v) is 11.9. The summed E-state index contributed by atoms with van der Waals surface area (Å²) in [6.07, 6.45) is -2.15. The van der Waals surface area contributed by atoms with Crippen LogP contribution in [0, 0.1) is 6.92 Å². The number of sulfone groups is 1. The van der Waals surface area contributed by atoms with Crippen LogP contribution in [-0.2, 0) is 28.1 Å². The SMILES string of the molecule is CCC(O)c1cncc(Oc2c(C)c(C(=O)NCc3ccc(S(C)(=O)=O)cn3)nn2C(C)(C)C)c1C(F)(F)F. The molecule has 0 bridgehead atoms. The van der Waals surface area contributed by atoms with Gasteiger partial charge in [-0.25, -0.2) is 13.1 Å². The van der Waals surface area contributed by atoms with Gasteiger partial charge in [-0.3, -0.25) is 14.8 Å². The number of alkyl halides is 3. The van der Waals surface area contributed by atoms with Gasteiger partial charge in [0.05, 0.1) is 35.0 Å². The summed E-state index contributed by atoms with van der Waals surface area (Å²) in [6.45, 7) is 8.19. The number of ether oxygens (including phenoxy) is 1. The highest BCUT2D eigenvalue weighted by molar-refractivity contribution is 7.90. The van der Waals surface area contributed by atoms with Crippen molar-refractivity contribution in [2.75, 3.05) is 6.26 Å². The van der Waals surface area contributed by atoms with E-state index < -0.39 is 50.4 Å². The third-order valence-corrected chi connectivity index (χ3v) is 6.85. The number of carbonyl (C=O) groups excluding carboxylic acids is 1. The molecule has 1 unspecified atom stereocenters. The van der Waals surface area contributed by atoms with Crippen LogP contribution in [0.4, 0.5) is 13.2 Å². The first-order valence-electron chi connectivity index (χ1n) is 11.9. The molecule has 1 atom stereocenters. The van der Waals surface area contributed by atoms with Crippen LogP contribution in [-0.4, -0.2) is 45.4 Å². The van der Waals surface area contributed by atoms with Crippen molar-refractivity contribution in [2.24, 2.45) is 0 Å². The number of pyridine rings is 2. The van der Waals surface area contributed by atoms with E-state index in [0.29, 0.717) is 5.69 Å². The number of carbonyl (C=O) groups is 1. The van der Waals surface area contributed by atoms with Crippen molar-refractivity contribution in [1.82, 2.24) is 25.1 Å². The number of rotatable bonds is 8. The fraction of sp³-hybridized carbons (Fsp3) is 0.440. The van der Waals surface area contributed by atoms with E-state index in [-0.39, 0.29) is 35.0 Å². The molecule has 0 saturated heterocycles. The summed E-state index contributed by atoms with van der Waals surface area (Å²) in [5.41, 5.74) is -1.91. The molecule has 3 aromatic heterocycles. The Bertz CT molecular complexity index is 1460. The minimum atomic E-state index is -4.86. The molecule has 3 heterocycles. The first-order valence-corrected chi connectivity index (χ1v) is 13.8. The van der Waals surface area contributed by atoms with E-state index in [2.05, 4.69) is 20.4 Å². The number of aromatic nitrogens is 4. The lowest BCUT2D eigenvalue weighted by Gasteiger charge is -2.24. The maximum Gasteiger partial charge on any atom is 0.420 e. The Hall–Kier alpha value is -3.52. The lowest BCUT2D eigenvalue weighted by Crippen LogP contribution is -2.27. The minimum Gasteiger partial charge on any atom is -0.437 e. The van der Waals surface area contributed by atoms with Crippen LogP contribution in [0.2, 0.25) is 0 Å². The number of hydrogen-bond acceptors (Lipinski definition) is 8. The molecule has 0 radical (unpaired) electrons. The van der Waals surface area contributed by atoms with Gasteiger partial charge in [0, 0.05) is 29.8 Å². The zero-order valence-corrected chi connectivity index (χ0v) is 23.1. The molecule has 0 aliphatic carbocycles. The van der Waals surface area contributed by atoms with Gasteiger partial charge in [0.1, 0.15) is 5.56 Å². The fourth-order valence-electron chi connectivity index (χ4n) is 3.67. The number of nitrogens with one attached hydrogen (secondary N) is 1. The second-order valence-electron chi connectivity index (χ2n) is 9.93. The summed E-state index contributed by atoms with van der Waals surface area (Å²) in [7, 11) is -3.43. The van der Waals surface area contributed by atoms with Crippen molar-refractivity contribution < 1.29 is 36.2 Å². The first kappa shape index (κ1) is 30.0. The number of aliphatic hydroxyl groups is 1. The molecule has 3 rings (SSSR count). The van der Waals surface area contributed by atoms with E-state index in [9.17, 15) is 31.5 Å². The van der Waals surface area contributed by atoms with Gasteiger partial charge in [-0.2, -0.15) is 18.3 Å². The van der Waals surface area contributed by atoms with Crippen LogP contribution in [0.5, 0.6) is 11.6 Å². The van der Waals surface area contributed by atoms with Crippen molar-refractivity contribution in [3.05, 3.63) is 58.8 Å². The van der Waals surface area contributed by atoms with Crippen LogP contribution < -0.4 is 10.1 Å². The van der Waals surface area contributed by atoms with E-state index in [0.717, 1.165) is 18.6 Å². The standard InChI is InChI=1S/C25H30F3N5O5S/c1-7-18(34)17-12-29-13-19(20(17)25(26,27)28)38-23-14(2)21(32-33(23)24(3,4)5)22(35)31-10-15-8-9-16(11-30-15)39(6,36)37/h8-9,11-13,18,34H,7,10H2,1-6H3,(H,31,35). The van der Waals surface area contributed by atoms with Crippen LogP contribution in [0.3, 0.4) is 0 Å². The van der Waals surface area contributed by atoms with Gasteiger partial charge in [-0.15, -0.1) is 0 Å². The monoisotopic (exact) mass is 569 g/mol. The number of hydrogen-bond donors (Lipinski definition) is 2. The Balaban J connectivity index is 1.98. The summed E-state index contributed by atoms with van der Waals surface area (Å²) >= 11 is 0. The third-order valence-electron chi connectivity index (χ3n) is 5.75. The topological polar surface area (TPSA) is 136 Å². The van der Waals surface area contributed by atoms with E-state index in [1.165, 1.54) is 36.9 Å². The Morgan fingerprint density at radius 2 is 1.85 bits per heavy atom. The van der Waals surface area contributed by atoms with E-state index in [1.807, 2.05) is 0 Å². The van der Waals surface area contributed by atoms with Crippen molar-refractivity contribution in [2.45, 2.75) is 70.3 Å². The van der Waals surface area contributed by atoms with Gasteiger partial charge >= 0.3 is 6.18 Å². The Morgan fingerprint density at radius 3 is 2.36 bits per heavy atom. The Labute approximate surface area is 224 Å². The summed E-state index contributed by atoms with van der Waals surface area (Å²) in [5, 5.41) is 17.1. The van der Waals surface area contributed by atoms with Gasteiger partial charge in [-0.1, -0.05) is 6.92 Å². The number of nitrogens with zero attached hydrogens (tertiary/aromatic N) is 4. The number of amides is 1. The highest BCUT2D eigenvalue weighted by Gasteiger charge is 2.40. The summed E-state index contributed by atoms with van der Waals surface area (Å²) in [4.78, 5) is 20.9. The molecule has 0 spiro atoms. The molecule has 0 aromatic carbocycles. The molecular weight excluding hydrogens is 539 g/mol. The smallest absolute Gasteiger partial charge is 0.420 e. The zero-order valence-electron chi connectivity index (χ0n) is 22.3. The Morgan fingerprint density at radius 1 is 1.18 bits per heavy atom. The van der Waals surface area contributed by atoms with Crippen molar-refractivity contribution in [3.63, 3.8) is 0 Å². The molecule has 2 N–H and O–H groups in total. The van der Waals surface area contributed by atoms with Crippen molar-refractivity contribution >= 4 is 15.7 Å². The van der Waals surface area contributed by atoms with Crippen LogP contribution >= 0.6 is 0 Å². The van der Waals surface area contributed by atoms with Crippen LogP contribution in [0.25, 0.3) is 0 Å². The molecule has 0 aliphatic rings. The number of aliphatic hydroxyl groups excluding tert-OH is 1. The highest BCUT2D eigenvalue weighted by atomic mass is 32.2. The molecule has 14 heteroatoms.